The maximum atomic E-state index is 13.5. The maximum absolute atomic E-state index is 13.5. The minimum absolute atomic E-state index is 0.0862. The van der Waals surface area contributed by atoms with Crippen molar-refractivity contribution in [1.29, 1.82) is 0 Å². The first-order valence-electron chi connectivity index (χ1n) is 10.3. The van der Waals surface area contributed by atoms with E-state index in [0.717, 1.165) is 35.8 Å². The van der Waals surface area contributed by atoms with Gasteiger partial charge in [-0.1, -0.05) is 30.0 Å². The Bertz CT molecular complexity index is 1100. The number of piperazine rings is 1. The molecule has 0 bridgehead atoms. The van der Waals surface area contributed by atoms with E-state index in [1.807, 2.05) is 23.1 Å². The molecule has 0 atom stereocenters. The van der Waals surface area contributed by atoms with E-state index >= 15 is 0 Å². The minimum atomic E-state index is -4.66. The number of thioether (sulfide) groups is 1. The van der Waals surface area contributed by atoms with Crippen molar-refractivity contribution in [3.63, 3.8) is 0 Å². The highest BCUT2D eigenvalue weighted by Crippen LogP contribution is 2.33. The summed E-state index contributed by atoms with van der Waals surface area (Å²) < 4.78 is 78.6. The Balaban J connectivity index is 1.48. The van der Waals surface area contributed by atoms with Crippen molar-refractivity contribution in [3.8, 4) is 0 Å². The first-order chi connectivity index (χ1) is 16.1. The average Bonchev–Trinajstić information content (AvgIpc) is 2.82. The molecule has 0 unspecified atom stereocenters. The van der Waals surface area contributed by atoms with Gasteiger partial charge in [-0.2, -0.15) is 26.3 Å². The van der Waals surface area contributed by atoms with Gasteiger partial charge in [0.2, 0.25) is 0 Å². The number of rotatable bonds is 5. The highest BCUT2D eigenvalue weighted by molar-refractivity contribution is 7.98. The number of hydrogen-bond donors (Lipinski definition) is 0. The maximum Gasteiger partial charge on any atom is 0.433 e. The predicted molar refractivity (Wildman–Crippen MR) is 117 cm³/mol. The van der Waals surface area contributed by atoms with Crippen molar-refractivity contribution in [2.45, 2.75) is 23.3 Å². The van der Waals surface area contributed by atoms with Gasteiger partial charge in [0.1, 0.15) is 11.6 Å². The lowest BCUT2D eigenvalue weighted by Gasteiger charge is -2.36. The second-order valence-electron chi connectivity index (χ2n) is 7.54. The zero-order valence-electron chi connectivity index (χ0n) is 17.6. The molecule has 0 radical (unpaired) electrons. The van der Waals surface area contributed by atoms with Gasteiger partial charge >= 0.3 is 12.4 Å². The summed E-state index contributed by atoms with van der Waals surface area (Å²) in [5.41, 5.74) is -1.33. The number of halogens is 6. The second kappa shape index (κ2) is 9.69. The number of pyridine rings is 1. The van der Waals surface area contributed by atoms with E-state index in [-0.39, 0.29) is 16.7 Å². The summed E-state index contributed by atoms with van der Waals surface area (Å²) in [7, 11) is 0. The van der Waals surface area contributed by atoms with Crippen LogP contribution in [0.15, 0.2) is 59.9 Å². The molecular formula is C22H19F6N5S. The van der Waals surface area contributed by atoms with Crippen LogP contribution in [0.2, 0.25) is 0 Å². The van der Waals surface area contributed by atoms with Gasteiger partial charge in [0, 0.05) is 44.2 Å². The van der Waals surface area contributed by atoms with Gasteiger partial charge in [-0.3, -0.25) is 0 Å². The highest BCUT2D eigenvalue weighted by atomic mass is 32.2. The molecule has 3 heterocycles. The summed E-state index contributed by atoms with van der Waals surface area (Å²) in [5.74, 6) is 1.10. The first kappa shape index (κ1) is 24.1. The molecule has 0 aliphatic carbocycles. The Morgan fingerprint density at radius 2 is 1.41 bits per heavy atom. The summed E-state index contributed by atoms with van der Waals surface area (Å²) in [6, 6.07) is 10.9. The Morgan fingerprint density at radius 3 is 1.97 bits per heavy atom. The molecule has 0 spiro atoms. The van der Waals surface area contributed by atoms with E-state index in [4.69, 9.17) is 0 Å². The molecule has 3 aromatic rings. The molecule has 1 aliphatic heterocycles. The predicted octanol–water partition coefficient (Wildman–Crippen LogP) is 5.53. The SMILES string of the molecule is FC(F)(F)c1ccc(CSc2nc(N3CCN(c4ccccn4)CC3)cc(C(F)(F)F)n2)cc1. The molecule has 0 amide bonds. The third kappa shape index (κ3) is 5.91. The molecule has 12 heteroatoms. The van der Waals surface area contributed by atoms with Gasteiger partial charge in [-0.05, 0) is 29.8 Å². The van der Waals surface area contributed by atoms with Crippen LogP contribution >= 0.6 is 11.8 Å². The van der Waals surface area contributed by atoms with Gasteiger partial charge in [0.15, 0.2) is 10.9 Å². The quantitative estimate of drug-likeness (QED) is 0.262. The summed E-state index contributed by atoms with van der Waals surface area (Å²) in [6.07, 6.45) is -7.43. The molecule has 1 aliphatic rings. The normalized spacial score (nSPS) is 15.0. The topological polar surface area (TPSA) is 45.2 Å². The summed E-state index contributed by atoms with van der Waals surface area (Å²) >= 11 is 0.942. The number of benzene rings is 1. The van der Waals surface area contributed by atoms with Crippen LogP contribution in [0.4, 0.5) is 38.0 Å². The summed E-state index contributed by atoms with van der Waals surface area (Å²) in [4.78, 5) is 16.0. The van der Waals surface area contributed by atoms with Gasteiger partial charge in [-0.25, -0.2) is 15.0 Å². The van der Waals surface area contributed by atoms with Crippen LogP contribution in [0.5, 0.6) is 0 Å². The molecule has 5 nitrogen and oxygen atoms in total. The van der Waals surface area contributed by atoms with Crippen LogP contribution in [-0.4, -0.2) is 41.1 Å². The number of alkyl halides is 6. The van der Waals surface area contributed by atoms with Crippen LogP contribution in [0.3, 0.4) is 0 Å². The molecule has 34 heavy (non-hydrogen) atoms. The van der Waals surface area contributed by atoms with Crippen molar-refractivity contribution < 1.29 is 26.3 Å². The van der Waals surface area contributed by atoms with E-state index in [0.29, 0.717) is 31.7 Å². The van der Waals surface area contributed by atoms with Crippen LogP contribution in [0.25, 0.3) is 0 Å². The molecule has 2 aromatic heterocycles. The lowest BCUT2D eigenvalue weighted by atomic mass is 10.1. The van der Waals surface area contributed by atoms with Crippen molar-refractivity contribution in [2.75, 3.05) is 36.0 Å². The monoisotopic (exact) mass is 499 g/mol. The fourth-order valence-electron chi connectivity index (χ4n) is 3.43. The molecule has 0 N–H and O–H groups in total. The molecule has 0 saturated carbocycles. The van der Waals surface area contributed by atoms with E-state index in [1.165, 1.54) is 12.1 Å². The van der Waals surface area contributed by atoms with Crippen molar-refractivity contribution in [3.05, 3.63) is 71.5 Å². The van der Waals surface area contributed by atoms with Crippen LogP contribution in [0, 0.1) is 0 Å². The summed E-state index contributed by atoms with van der Waals surface area (Å²) in [5, 5.41) is -0.0862. The van der Waals surface area contributed by atoms with Crippen molar-refractivity contribution >= 4 is 23.4 Å². The van der Waals surface area contributed by atoms with Crippen LogP contribution < -0.4 is 9.80 Å². The van der Waals surface area contributed by atoms with Gasteiger partial charge in [-0.15, -0.1) is 0 Å². The largest absolute Gasteiger partial charge is 0.433 e. The fourth-order valence-corrected chi connectivity index (χ4v) is 4.24. The van der Waals surface area contributed by atoms with E-state index in [9.17, 15) is 26.3 Å². The molecular weight excluding hydrogens is 480 g/mol. The first-order valence-corrected chi connectivity index (χ1v) is 11.2. The zero-order valence-corrected chi connectivity index (χ0v) is 18.5. The Labute approximate surface area is 195 Å². The van der Waals surface area contributed by atoms with Crippen LogP contribution in [-0.2, 0) is 18.1 Å². The van der Waals surface area contributed by atoms with Gasteiger partial charge in [0.05, 0.1) is 5.56 Å². The number of anilines is 2. The van der Waals surface area contributed by atoms with Crippen molar-refractivity contribution in [2.24, 2.45) is 0 Å². The number of aromatic nitrogens is 3. The Hall–Kier alpha value is -3.02. The van der Waals surface area contributed by atoms with E-state index in [1.54, 1.807) is 11.1 Å². The molecule has 1 saturated heterocycles. The fraction of sp³-hybridized carbons (Fsp3) is 0.318. The van der Waals surface area contributed by atoms with Gasteiger partial charge in [0.25, 0.3) is 0 Å². The van der Waals surface area contributed by atoms with E-state index < -0.39 is 23.6 Å². The average molecular weight is 499 g/mol. The lowest BCUT2D eigenvalue weighted by molar-refractivity contribution is -0.141. The Kier molecular flexibility index (Phi) is 6.87. The summed E-state index contributed by atoms with van der Waals surface area (Å²) in [6.45, 7) is 2.04. The third-order valence-corrected chi connectivity index (χ3v) is 6.13. The molecule has 1 fully saturated rings. The van der Waals surface area contributed by atoms with Crippen molar-refractivity contribution in [1.82, 2.24) is 15.0 Å². The minimum Gasteiger partial charge on any atom is -0.353 e. The zero-order chi connectivity index (χ0) is 24.3. The Morgan fingerprint density at radius 1 is 0.765 bits per heavy atom. The highest BCUT2D eigenvalue weighted by Gasteiger charge is 2.35. The molecule has 4 rings (SSSR count). The standard InChI is InChI=1S/C22H19F6N5S/c23-21(24,25)16-6-4-15(5-7-16)14-34-20-30-17(22(26,27)28)13-19(31-20)33-11-9-32(10-12-33)18-3-1-2-8-29-18/h1-8,13H,9-12,14H2. The second-order valence-corrected chi connectivity index (χ2v) is 8.48. The lowest BCUT2D eigenvalue weighted by Crippen LogP contribution is -2.47. The van der Waals surface area contributed by atoms with Gasteiger partial charge < -0.3 is 9.80 Å². The molecule has 180 valence electrons. The number of hydrogen-bond acceptors (Lipinski definition) is 6. The molecule has 1 aromatic carbocycles. The number of nitrogens with zero attached hydrogens (tertiary/aromatic N) is 5. The van der Waals surface area contributed by atoms with Crippen LogP contribution in [0.1, 0.15) is 16.8 Å². The smallest absolute Gasteiger partial charge is 0.353 e. The third-order valence-electron chi connectivity index (χ3n) is 5.21. The van der Waals surface area contributed by atoms with E-state index in [2.05, 4.69) is 15.0 Å².